The Morgan fingerprint density at radius 1 is 1.06 bits per heavy atom. The van der Waals surface area contributed by atoms with Crippen molar-refractivity contribution in [2.24, 2.45) is 10.2 Å². The predicted octanol–water partition coefficient (Wildman–Crippen LogP) is 3.67. The fourth-order valence-corrected chi connectivity index (χ4v) is 1.30. The first kappa shape index (κ1) is 10.5. The average Bonchev–Trinajstić information content (AvgIpc) is 2.33. The molecule has 0 bridgehead atoms. The van der Waals surface area contributed by atoms with Crippen LogP contribution in [0.1, 0.15) is 11.1 Å². The van der Waals surface area contributed by atoms with Gasteiger partial charge in [0.05, 0.1) is 6.54 Å². The molecule has 0 amide bonds. The maximum absolute atomic E-state index is 4.10. The molecule has 0 unspecified atom stereocenters. The van der Waals surface area contributed by atoms with E-state index in [-0.39, 0.29) is 0 Å². The van der Waals surface area contributed by atoms with E-state index in [1.54, 1.807) is 6.20 Å². The van der Waals surface area contributed by atoms with Gasteiger partial charge in [0.2, 0.25) is 0 Å². The fourth-order valence-electron chi connectivity index (χ4n) is 1.30. The molecule has 2 aromatic rings. The molecular formula is C13H13N3. The highest BCUT2D eigenvalue weighted by molar-refractivity contribution is 5.24. The summed E-state index contributed by atoms with van der Waals surface area (Å²) in [5.74, 6) is 0.648. The van der Waals surface area contributed by atoms with Gasteiger partial charge < -0.3 is 0 Å². The van der Waals surface area contributed by atoms with Gasteiger partial charge in [0.15, 0.2) is 5.82 Å². The molecular weight excluding hydrogens is 198 g/mol. The van der Waals surface area contributed by atoms with Crippen LogP contribution in [0, 0.1) is 6.92 Å². The van der Waals surface area contributed by atoms with Crippen LogP contribution in [0.4, 0.5) is 5.82 Å². The molecule has 0 aliphatic carbocycles. The van der Waals surface area contributed by atoms with Gasteiger partial charge in [-0.25, -0.2) is 4.98 Å². The maximum atomic E-state index is 4.10. The highest BCUT2D eigenvalue weighted by Gasteiger charge is 1.91. The molecule has 0 aliphatic heterocycles. The van der Waals surface area contributed by atoms with Crippen molar-refractivity contribution in [3.8, 4) is 0 Å². The van der Waals surface area contributed by atoms with Crippen LogP contribution in [0.25, 0.3) is 0 Å². The van der Waals surface area contributed by atoms with Crippen LogP contribution in [0.15, 0.2) is 58.9 Å². The summed E-state index contributed by atoms with van der Waals surface area (Å²) in [7, 11) is 0. The second-order valence-electron chi connectivity index (χ2n) is 3.57. The minimum atomic E-state index is 0.594. The van der Waals surface area contributed by atoms with E-state index in [4.69, 9.17) is 0 Å². The molecule has 1 aromatic carbocycles. The summed E-state index contributed by atoms with van der Waals surface area (Å²) in [6.45, 7) is 2.66. The van der Waals surface area contributed by atoms with Crippen molar-refractivity contribution in [2.75, 3.05) is 0 Å². The maximum Gasteiger partial charge on any atom is 0.173 e. The second kappa shape index (κ2) is 5.16. The Balaban J connectivity index is 1.97. The molecule has 0 fully saturated rings. The van der Waals surface area contributed by atoms with Crippen molar-refractivity contribution in [3.63, 3.8) is 0 Å². The Kier molecular flexibility index (Phi) is 3.38. The summed E-state index contributed by atoms with van der Waals surface area (Å²) in [5, 5.41) is 8.14. The van der Waals surface area contributed by atoms with E-state index >= 15 is 0 Å². The molecule has 0 spiro atoms. The average molecular weight is 211 g/mol. The fraction of sp³-hybridized carbons (Fsp3) is 0.154. The number of nitrogens with zero attached hydrogens (tertiary/aromatic N) is 3. The first-order valence-corrected chi connectivity index (χ1v) is 5.19. The van der Waals surface area contributed by atoms with Crippen molar-refractivity contribution in [2.45, 2.75) is 13.5 Å². The molecule has 0 saturated carbocycles. The lowest BCUT2D eigenvalue weighted by Crippen LogP contribution is -1.80. The van der Waals surface area contributed by atoms with Gasteiger partial charge in [-0.15, -0.1) is 5.11 Å². The lowest BCUT2D eigenvalue weighted by Gasteiger charge is -1.96. The Morgan fingerprint density at radius 3 is 2.56 bits per heavy atom. The van der Waals surface area contributed by atoms with Gasteiger partial charge >= 0.3 is 0 Å². The number of azo groups is 1. The zero-order valence-electron chi connectivity index (χ0n) is 9.17. The Labute approximate surface area is 94.9 Å². The number of hydrogen-bond donors (Lipinski definition) is 0. The highest BCUT2D eigenvalue weighted by Crippen LogP contribution is 2.08. The van der Waals surface area contributed by atoms with Crippen LogP contribution >= 0.6 is 0 Å². The van der Waals surface area contributed by atoms with Gasteiger partial charge in [-0.05, 0) is 24.6 Å². The van der Waals surface area contributed by atoms with E-state index in [1.807, 2.05) is 18.2 Å². The summed E-state index contributed by atoms with van der Waals surface area (Å²) >= 11 is 0. The van der Waals surface area contributed by atoms with E-state index in [9.17, 15) is 0 Å². The van der Waals surface area contributed by atoms with Crippen LogP contribution in [0.3, 0.4) is 0 Å². The van der Waals surface area contributed by atoms with Crippen molar-refractivity contribution in [1.82, 2.24) is 4.98 Å². The van der Waals surface area contributed by atoms with Gasteiger partial charge in [0.1, 0.15) is 0 Å². The summed E-state index contributed by atoms with van der Waals surface area (Å²) in [5.41, 5.74) is 2.41. The monoisotopic (exact) mass is 211 g/mol. The number of hydrogen-bond acceptors (Lipinski definition) is 3. The van der Waals surface area contributed by atoms with Gasteiger partial charge in [0, 0.05) is 6.20 Å². The Morgan fingerprint density at radius 2 is 1.88 bits per heavy atom. The summed E-state index contributed by atoms with van der Waals surface area (Å²) < 4.78 is 0. The SMILES string of the molecule is Cc1ccc(CN=Nc2ccccn2)cc1. The summed E-state index contributed by atoms with van der Waals surface area (Å²) in [6.07, 6.45) is 1.71. The van der Waals surface area contributed by atoms with Crippen molar-refractivity contribution in [1.29, 1.82) is 0 Å². The minimum absolute atomic E-state index is 0.594. The standard InChI is InChI=1S/C13H13N3/c1-11-5-7-12(8-6-11)10-15-16-13-4-2-3-9-14-13/h2-9H,10H2,1H3. The topological polar surface area (TPSA) is 37.6 Å². The molecule has 16 heavy (non-hydrogen) atoms. The third kappa shape index (κ3) is 2.98. The molecule has 3 nitrogen and oxygen atoms in total. The lowest BCUT2D eigenvalue weighted by molar-refractivity contribution is 0.946. The second-order valence-corrected chi connectivity index (χ2v) is 3.57. The van der Waals surface area contributed by atoms with E-state index in [1.165, 1.54) is 5.56 Å². The van der Waals surface area contributed by atoms with Crippen LogP contribution in [0.2, 0.25) is 0 Å². The third-order valence-corrected chi connectivity index (χ3v) is 2.20. The molecule has 80 valence electrons. The summed E-state index contributed by atoms with van der Waals surface area (Å²) in [6, 6.07) is 13.9. The largest absolute Gasteiger partial charge is 0.236 e. The zero-order chi connectivity index (χ0) is 11.2. The van der Waals surface area contributed by atoms with Crippen LogP contribution in [0.5, 0.6) is 0 Å². The Hall–Kier alpha value is -2.03. The normalized spacial score (nSPS) is 10.8. The molecule has 2 rings (SSSR count). The first-order chi connectivity index (χ1) is 7.84. The smallest absolute Gasteiger partial charge is 0.173 e. The van der Waals surface area contributed by atoms with Crippen molar-refractivity contribution in [3.05, 3.63) is 59.8 Å². The first-order valence-electron chi connectivity index (χ1n) is 5.19. The number of aryl methyl sites for hydroxylation is 1. The molecule has 0 saturated heterocycles. The predicted molar refractivity (Wildman–Crippen MR) is 63.6 cm³/mol. The summed E-state index contributed by atoms with van der Waals surface area (Å²) in [4.78, 5) is 4.06. The quantitative estimate of drug-likeness (QED) is 0.713. The highest BCUT2D eigenvalue weighted by atomic mass is 15.1. The third-order valence-electron chi connectivity index (χ3n) is 2.20. The van der Waals surface area contributed by atoms with E-state index in [0.29, 0.717) is 12.4 Å². The number of pyridine rings is 1. The van der Waals surface area contributed by atoms with Gasteiger partial charge in [0.25, 0.3) is 0 Å². The molecule has 0 atom stereocenters. The van der Waals surface area contributed by atoms with E-state index in [2.05, 4.69) is 46.4 Å². The van der Waals surface area contributed by atoms with Gasteiger partial charge in [-0.2, -0.15) is 5.11 Å². The molecule has 1 heterocycles. The van der Waals surface area contributed by atoms with Crippen LogP contribution < -0.4 is 0 Å². The van der Waals surface area contributed by atoms with Gasteiger partial charge in [-0.1, -0.05) is 35.9 Å². The molecule has 0 aliphatic rings. The molecule has 0 radical (unpaired) electrons. The number of benzene rings is 1. The molecule has 1 aromatic heterocycles. The van der Waals surface area contributed by atoms with Gasteiger partial charge in [-0.3, -0.25) is 0 Å². The minimum Gasteiger partial charge on any atom is -0.236 e. The van der Waals surface area contributed by atoms with E-state index < -0.39 is 0 Å². The van der Waals surface area contributed by atoms with Crippen LogP contribution in [-0.2, 0) is 6.54 Å². The molecule has 3 heteroatoms. The number of aromatic nitrogens is 1. The zero-order valence-corrected chi connectivity index (χ0v) is 9.17. The number of rotatable bonds is 3. The molecule has 0 N–H and O–H groups in total. The lowest BCUT2D eigenvalue weighted by atomic mass is 10.2. The van der Waals surface area contributed by atoms with Crippen LogP contribution in [-0.4, -0.2) is 4.98 Å². The Bertz CT molecular complexity index is 460. The van der Waals surface area contributed by atoms with Crippen molar-refractivity contribution >= 4 is 5.82 Å². The van der Waals surface area contributed by atoms with Crippen molar-refractivity contribution < 1.29 is 0 Å². The van der Waals surface area contributed by atoms with E-state index in [0.717, 1.165) is 5.56 Å².